The van der Waals surface area contributed by atoms with E-state index in [-0.39, 0.29) is 5.90 Å². The Labute approximate surface area is 90.4 Å². The average molecular weight is 217 g/mol. The van der Waals surface area contributed by atoms with Gasteiger partial charge in [-0.3, -0.25) is 0 Å². The van der Waals surface area contributed by atoms with Crippen molar-refractivity contribution in [2.24, 2.45) is 5.16 Å². The first-order valence-electron chi connectivity index (χ1n) is 4.96. The van der Waals surface area contributed by atoms with E-state index < -0.39 is 11.6 Å². The van der Waals surface area contributed by atoms with E-state index in [1.54, 1.807) is 34.6 Å². The fraction of sp³-hybridized carbons (Fsp3) is 0.800. The van der Waals surface area contributed by atoms with Crippen LogP contribution in [0.3, 0.4) is 0 Å². The van der Waals surface area contributed by atoms with Gasteiger partial charge in [-0.1, -0.05) is 0 Å². The number of ether oxygens (including phenoxy) is 2. The lowest BCUT2D eigenvalue weighted by Gasteiger charge is -2.19. The van der Waals surface area contributed by atoms with E-state index in [0.717, 1.165) is 0 Å². The zero-order valence-electron chi connectivity index (χ0n) is 9.99. The van der Waals surface area contributed by atoms with Gasteiger partial charge in [-0.05, 0) is 39.8 Å². The molecule has 0 fully saturated rings. The van der Waals surface area contributed by atoms with Crippen LogP contribution in [0.25, 0.3) is 0 Å². The lowest BCUT2D eigenvalue weighted by Crippen LogP contribution is -2.30. The molecule has 0 saturated heterocycles. The summed E-state index contributed by atoms with van der Waals surface area (Å²) < 4.78 is 10.1. The monoisotopic (exact) mass is 217 g/mol. The minimum Gasteiger partial charge on any atom is -0.471 e. The molecule has 0 rings (SSSR count). The molecule has 0 aromatic rings. The van der Waals surface area contributed by atoms with Crippen LogP contribution in [-0.4, -0.2) is 30.7 Å². The number of nitrogens with zero attached hydrogens (tertiary/aromatic N) is 1. The highest BCUT2D eigenvalue weighted by Gasteiger charge is 2.22. The number of hydrogen-bond acceptors (Lipinski definition) is 5. The van der Waals surface area contributed by atoms with Crippen molar-refractivity contribution in [3.05, 3.63) is 0 Å². The minimum atomic E-state index is -0.613. The third-order valence-corrected chi connectivity index (χ3v) is 1.13. The first kappa shape index (κ1) is 13.7. The van der Waals surface area contributed by atoms with Crippen molar-refractivity contribution in [1.82, 2.24) is 0 Å². The van der Waals surface area contributed by atoms with Gasteiger partial charge in [-0.25, -0.2) is 4.79 Å². The van der Waals surface area contributed by atoms with Gasteiger partial charge in [-0.2, -0.15) is 0 Å². The topological polar surface area (TPSA) is 57.1 Å². The molecular formula is C10H19NO4. The fourth-order valence-electron chi connectivity index (χ4n) is 0.704. The second-order valence-electron chi connectivity index (χ2n) is 3.75. The molecule has 15 heavy (non-hydrogen) atoms. The SMILES string of the molecule is CCON=C(OCC)C(=O)OC(C)(C)C. The molecule has 0 aliphatic heterocycles. The lowest BCUT2D eigenvalue weighted by molar-refractivity contribution is -0.148. The third kappa shape index (κ3) is 6.76. The summed E-state index contributed by atoms with van der Waals surface area (Å²) in [4.78, 5) is 16.2. The lowest BCUT2D eigenvalue weighted by atomic mass is 10.2. The Morgan fingerprint density at radius 2 is 1.80 bits per heavy atom. The average Bonchev–Trinajstić information content (AvgIpc) is 2.09. The van der Waals surface area contributed by atoms with Crippen LogP contribution < -0.4 is 0 Å². The number of oxime groups is 1. The maximum Gasteiger partial charge on any atom is 0.397 e. The van der Waals surface area contributed by atoms with Gasteiger partial charge < -0.3 is 14.3 Å². The molecule has 0 radical (unpaired) electrons. The Morgan fingerprint density at radius 1 is 1.20 bits per heavy atom. The number of carbonyl (C=O) groups is 1. The number of hydrogen-bond donors (Lipinski definition) is 0. The van der Waals surface area contributed by atoms with Gasteiger partial charge in [0.05, 0.1) is 6.61 Å². The normalized spacial score (nSPS) is 12.2. The zero-order chi connectivity index (χ0) is 11.9. The Hall–Kier alpha value is -1.26. The molecule has 0 aliphatic rings. The van der Waals surface area contributed by atoms with Crippen LogP contribution in [0.4, 0.5) is 0 Å². The fourth-order valence-corrected chi connectivity index (χ4v) is 0.704. The smallest absolute Gasteiger partial charge is 0.397 e. The summed E-state index contributed by atoms with van der Waals surface area (Å²) in [6.07, 6.45) is 0. The molecule has 5 nitrogen and oxygen atoms in total. The molecule has 0 bridgehead atoms. The predicted octanol–water partition coefficient (Wildman–Crippen LogP) is 1.71. The minimum absolute atomic E-state index is 0.144. The highest BCUT2D eigenvalue weighted by atomic mass is 16.7. The molecule has 0 atom stereocenters. The van der Waals surface area contributed by atoms with Gasteiger partial charge in [-0.15, -0.1) is 0 Å². The molecule has 0 unspecified atom stereocenters. The van der Waals surface area contributed by atoms with Crippen molar-refractivity contribution in [3.8, 4) is 0 Å². The molecule has 0 N–H and O–H groups in total. The van der Waals surface area contributed by atoms with Crippen LogP contribution in [-0.2, 0) is 19.1 Å². The van der Waals surface area contributed by atoms with Gasteiger partial charge in [0.1, 0.15) is 12.2 Å². The van der Waals surface area contributed by atoms with E-state index in [2.05, 4.69) is 5.16 Å². The largest absolute Gasteiger partial charge is 0.471 e. The van der Waals surface area contributed by atoms with Crippen LogP contribution in [0.15, 0.2) is 5.16 Å². The van der Waals surface area contributed by atoms with Crippen LogP contribution in [0.5, 0.6) is 0 Å². The number of esters is 1. The Bertz CT molecular complexity index is 230. The van der Waals surface area contributed by atoms with Gasteiger partial charge in [0.2, 0.25) is 0 Å². The van der Waals surface area contributed by atoms with E-state index in [9.17, 15) is 4.79 Å². The van der Waals surface area contributed by atoms with Crippen LogP contribution in [0.2, 0.25) is 0 Å². The van der Waals surface area contributed by atoms with Crippen molar-refractivity contribution in [2.75, 3.05) is 13.2 Å². The summed E-state index contributed by atoms with van der Waals surface area (Å²) in [5, 5.41) is 3.54. The second-order valence-corrected chi connectivity index (χ2v) is 3.75. The molecule has 0 aromatic carbocycles. The Balaban J connectivity index is 4.42. The molecule has 0 saturated carbocycles. The van der Waals surface area contributed by atoms with Crippen molar-refractivity contribution >= 4 is 11.9 Å². The van der Waals surface area contributed by atoms with Gasteiger partial charge in [0, 0.05) is 0 Å². The second kappa shape index (κ2) is 6.27. The van der Waals surface area contributed by atoms with Crippen molar-refractivity contribution in [2.45, 2.75) is 40.2 Å². The van der Waals surface area contributed by atoms with Crippen molar-refractivity contribution in [3.63, 3.8) is 0 Å². The van der Waals surface area contributed by atoms with Crippen LogP contribution in [0.1, 0.15) is 34.6 Å². The molecule has 0 aromatic heterocycles. The Kier molecular flexibility index (Phi) is 5.74. The van der Waals surface area contributed by atoms with Gasteiger partial charge in [0.25, 0.3) is 0 Å². The molecule has 5 heteroatoms. The summed E-state index contributed by atoms with van der Waals surface area (Å²) in [5.74, 6) is -0.757. The maximum absolute atomic E-state index is 11.5. The van der Waals surface area contributed by atoms with Gasteiger partial charge in [0.15, 0.2) is 0 Å². The Morgan fingerprint density at radius 3 is 2.20 bits per heavy atom. The van der Waals surface area contributed by atoms with E-state index in [4.69, 9.17) is 14.3 Å². The number of carbonyl (C=O) groups excluding carboxylic acids is 1. The third-order valence-electron chi connectivity index (χ3n) is 1.13. The standard InChI is InChI=1S/C10H19NO4/c1-6-13-8(11-14-7-2)9(12)15-10(3,4)5/h6-7H2,1-5H3. The first-order valence-corrected chi connectivity index (χ1v) is 4.96. The van der Waals surface area contributed by atoms with Crippen molar-refractivity contribution in [1.29, 1.82) is 0 Å². The summed E-state index contributed by atoms with van der Waals surface area (Å²) in [6.45, 7) is 9.55. The van der Waals surface area contributed by atoms with Crippen LogP contribution in [0, 0.1) is 0 Å². The molecule has 88 valence electrons. The summed E-state index contributed by atoms with van der Waals surface area (Å²) in [5.41, 5.74) is -0.568. The van der Waals surface area contributed by atoms with E-state index in [1.165, 1.54) is 0 Å². The summed E-state index contributed by atoms with van der Waals surface area (Å²) in [6, 6.07) is 0. The van der Waals surface area contributed by atoms with E-state index in [0.29, 0.717) is 13.2 Å². The van der Waals surface area contributed by atoms with E-state index >= 15 is 0 Å². The highest BCUT2D eigenvalue weighted by molar-refractivity contribution is 6.32. The number of rotatable bonds is 3. The predicted molar refractivity (Wildman–Crippen MR) is 56.5 cm³/mol. The molecular weight excluding hydrogens is 198 g/mol. The highest BCUT2D eigenvalue weighted by Crippen LogP contribution is 2.07. The van der Waals surface area contributed by atoms with E-state index in [1.807, 2.05) is 0 Å². The summed E-state index contributed by atoms with van der Waals surface area (Å²) >= 11 is 0. The first-order chi connectivity index (χ1) is 6.90. The van der Waals surface area contributed by atoms with Gasteiger partial charge >= 0.3 is 11.9 Å². The zero-order valence-corrected chi connectivity index (χ0v) is 9.99. The molecule has 0 aliphatic carbocycles. The maximum atomic E-state index is 11.5. The molecule has 0 spiro atoms. The molecule has 0 heterocycles. The van der Waals surface area contributed by atoms with Crippen molar-refractivity contribution < 1.29 is 19.1 Å². The quantitative estimate of drug-likeness (QED) is 0.312. The van der Waals surface area contributed by atoms with Crippen LogP contribution >= 0.6 is 0 Å². The summed E-state index contributed by atoms with van der Waals surface area (Å²) in [7, 11) is 0. The molecule has 0 amide bonds.